The number of rotatable bonds is 11. The maximum atomic E-state index is 2.43. The predicted octanol–water partition coefficient (Wildman–Crippen LogP) is 20.0. The number of hydrogen-bond acceptors (Lipinski definition) is 2. The lowest BCUT2D eigenvalue weighted by molar-refractivity contribution is 0.443. The molecule has 12 rings (SSSR count). The molecule has 1 saturated carbocycles. The molecule has 0 spiro atoms. The zero-order valence-electron chi connectivity index (χ0n) is 41.6. The zero-order chi connectivity index (χ0) is 48.6. The van der Waals surface area contributed by atoms with E-state index in [9.17, 15) is 0 Å². The lowest BCUT2D eigenvalue weighted by atomic mass is 9.82. The van der Waals surface area contributed by atoms with Crippen LogP contribution in [-0.4, -0.2) is 0 Å². The Labute approximate surface area is 426 Å². The molecule has 2 aliphatic carbocycles. The first-order valence-electron chi connectivity index (χ1n) is 25.9. The first-order chi connectivity index (χ1) is 35.4. The van der Waals surface area contributed by atoms with Gasteiger partial charge in [-0.2, -0.15) is 0 Å². The monoisotopic (exact) mass is 928 g/mol. The summed E-state index contributed by atoms with van der Waals surface area (Å²) in [6.45, 7) is 6.98. The predicted molar refractivity (Wildman–Crippen MR) is 306 cm³/mol. The molecule has 0 aromatic heterocycles. The minimum absolute atomic E-state index is 0.111. The summed E-state index contributed by atoms with van der Waals surface area (Å²) in [5.74, 6) is 0.671. The molecule has 0 amide bonds. The molecule has 0 bridgehead atoms. The van der Waals surface area contributed by atoms with Crippen LogP contribution >= 0.6 is 0 Å². The summed E-state index contributed by atoms with van der Waals surface area (Å²) in [5, 5.41) is 0. The van der Waals surface area contributed by atoms with Gasteiger partial charge >= 0.3 is 0 Å². The number of para-hydroxylation sites is 2. The van der Waals surface area contributed by atoms with Crippen molar-refractivity contribution < 1.29 is 0 Å². The Balaban J connectivity index is 0.945. The third kappa shape index (κ3) is 8.41. The van der Waals surface area contributed by atoms with Gasteiger partial charge in [0, 0.05) is 39.5 Å². The minimum Gasteiger partial charge on any atom is -0.311 e. The van der Waals surface area contributed by atoms with Crippen LogP contribution in [0.5, 0.6) is 0 Å². The van der Waals surface area contributed by atoms with E-state index >= 15 is 0 Å². The van der Waals surface area contributed by atoms with E-state index in [0.29, 0.717) is 5.92 Å². The van der Waals surface area contributed by atoms with E-state index in [1.165, 1.54) is 116 Å². The summed E-state index contributed by atoms with van der Waals surface area (Å²) in [4.78, 5) is 4.79. The van der Waals surface area contributed by atoms with Gasteiger partial charge in [-0.1, -0.05) is 191 Å². The molecule has 2 nitrogen and oxygen atoms in total. The molecule has 72 heavy (non-hydrogen) atoms. The largest absolute Gasteiger partial charge is 0.311 e. The van der Waals surface area contributed by atoms with E-state index in [0.717, 1.165) is 28.4 Å². The molecule has 0 unspecified atom stereocenters. The van der Waals surface area contributed by atoms with Crippen LogP contribution < -0.4 is 9.80 Å². The van der Waals surface area contributed by atoms with Crippen LogP contribution in [0.2, 0.25) is 0 Å². The molecule has 0 aliphatic heterocycles. The smallest absolute Gasteiger partial charge is 0.0465 e. The van der Waals surface area contributed by atoms with E-state index in [1.54, 1.807) is 0 Å². The molecule has 350 valence electrons. The highest BCUT2D eigenvalue weighted by Gasteiger charge is 2.37. The van der Waals surface area contributed by atoms with Crippen molar-refractivity contribution in [3.05, 3.63) is 265 Å². The summed E-state index contributed by atoms with van der Waals surface area (Å²) >= 11 is 0. The maximum absolute atomic E-state index is 2.43. The van der Waals surface area contributed by atoms with Gasteiger partial charge in [0.2, 0.25) is 0 Å². The molecule has 10 aromatic carbocycles. The fourth-order valence-electron chi connectivity index (χ4n) is 11.8. The van der Waals surface area contributed by atoms with E-state index in [2.05, 4.69) is 273 Å². The molecule has 0 N–H and O–H groups in total. The number of hydrogen-bond donors (Lipinski definition) is 0. The van der Waals surface area contributed by atoms with Gasteiger partial charge in [-0.15, -0.1) is 0 Å². The summed E-state index contributed by atoms with van der Waals surface area (Å²) < 4.78 is 0. The Morgan fingerprint density at radius 1 is 0.333 bits per heavy atom. The van der Waals surface area contributed by atoms with Crippen molar-refractivity contribution in [3.8, 4) is 55.6 Å². The molecular weight excluding hydrogens is 869 g/mol. The van der Waals surface area contributed by atoms with Crippen molar-refractivity contribution in [3.63, 3.8) is 0 Å². The van der Waals surface area contributed by atoms with Gasteiger partial charge in [-0.25, -0.2) is 0 Å². The Kier molecular flexibility index (Phi) is 12.0. The number of aryl methyl sites for hydroxylation is 1. The third-order valence-corrected chi connectivity index (χ3v) is 15.6. The Morgan fingerprint density at radius 3 is 1.22 bits per heavy atom. The fourth-order valence-corrected chi connectivity index (χ4v) is 11.8. The van der Waals surface area contributed by atoms with E-state index in [-0.39, 0.29) is 5.41 Å². The normalized spacial score (nSPS) is 13.8. The van der Waals surface area contributed by atoms with Gasteiger partial charge in [0.25, 0.3) is 0 Å². The van der Waals surface area contributed by atoms with Crippen molar-refractivity contribution in [2.24, 2.45) is 0 Å². The van der Waals surface area contributed by atoms with Crippen molar-refractivity contribution >= 4 is 34.1 Å². The van der Waals surface area contributed by atoms with Gasteiger partial charge in [-0.05, 0) is 189 Å². The topological polar surface area (TPSA) is 6.48 Å². The summed E-state index contributed by atoms with van der Waals surface area (Å²) in [6, 6.07) is 89.8. The van der Waals surface area contributed by atoms with Gasteiger partial charge in [0.15, 0.2) is 0 Å². The second-order valence-electron chi connectivity index (χ2n) is 20.4. The maximum Gasteiger partial charge on any atom is 0.0465 e. The molecule has 10 aromatic rings. The van der Waals surface area contributed by atoms with E-state index in [1.807, 2.05) is 0 Å². The fraction of sp³-hybridized carbons (Fsp3) is 0.143. The lowest BCUT2D eigenvalue weighted by Crippen LogP contribution is -2.16. The van der Waals surface area contributed by atoms with E-state index < -0.39 is 0 Å². The minimum atomic E-state index is -0.111. The van der Waals surface area contributed by atoms with Crippen molar-refractivity contribution in [2.75, 3.05) is 9.80 Å². The third-order valence-electron chi connectivity index (χ3n) is 15.6. The van der Waals surface area contributed by atoms with Crippen molar-refractivity contribution in [1.82, 2.24) is 0 Å². The van der Waals surface area contributed by atoms with Crippen molar-refractivity contribution in [2.45, 2.75) is 64.2 Å². The van der Waals surface area contributed by atoms with Crippen LogP contribution in [0, 0.1) is 6.92 Å². The van der Waals surface area contributed by atoms with Gasteiger partial charge < -0.3 is 9.80 Å². The van der Waals surface area contributed by atoms with Crippen LogP contribution in [0.25, 0.3) is 55.6 Å². The summed E-state index contributed by atoms with van der Waals surface area (Å²) in [5.41, 5.74) is 24.5. The SMILES string of the molecule is Cc1cccc2c1-c1ccc(N(c3ccccc3)c3ccc(-c4cc(-c5ccccc5)c(-c5ccc(N(c6ccccc6)c6ccc(C7CCCCC7)cc6)cc5)cc4-c4ccccc4)cc3)cc1C2(C)C. The second-order valence-corrected chi connectivity index (χ2v) is 20.4. The summed E-state index contributed by atoms with van der Waals surface area (Å²) in [7, 11) is 0. The van der Waals surface area contributed by atoms with Crippen LogP contribution in [0.3, 0.4) is 0 Å². The Hall–Kier alpha value is -8.20. The second kappa shape index (κ2) is 19.2. The van der Waals surface area contributed by atoms with Crippen LogP contribution in [-0.2, 0) is 5.41 Å². The quantitative estimate of drug-likeness (QED) is 0.128. The Morgan fingerprint density at radius 2 is 0.736 bits per heavy atom. The molecule has 2 aliphatic rings. The number of anilines is 6. The zero-order valence-corrected chi connectivity index (χ0v) is 41.6. The van der Waals surface area contributed by atoms with Gasteiger partial charge in [0.05, 0.1) is 0 Å². The van der Waals surface area contributed by atoms with Gasteiger partial charge in [-0.3, -0.25) is 0 Å². The van der Waals surface area contributed by atoms with Crippen molar-refractivity contribution in [1.29, 1.82) is 0 Å². The number of nitrogens with zero attached hydrogens (tertiary/aromatic N) is 2. The molecule has 0 radical (unpaired) electrons. The number of fused-ring (bicyclic) bond motifs is 3. The standard InChI is InChI=1S/C70H60N2/c1-49-20-19-31-67-69(49)62-45-44-61(46-68(62)70(67,2)3)72(57-29-17-8-18-30-57)60-42-36-55(37-43-60)66-48-63(52-23-11-5-12-24-52)65(47-64(66)53-25-13-6-14-26-53)54-34-40-59(41-35-54)71(56-27-15-7-16-28-56)58-38-32-51(33-39-58)50-21-9-4-10-22-50/h5-8,11-20,23-48,50H,4,9-10,21-22H2,1-3H3. The van der Waals surface area contributed by atoms with Gasteiger partial charge in [0.1, 0.15) is 0 Å². The molecular formula is C70H60N2. The Bertz CT molecular complexity index is 3480. The highest BCUT2D eigenvalue weighted by atomic mass is 15.1. The highest BCUT2D eigenvalue weighted by Crippen LogP contribution is 2.52. The lowest BCUT2D eigenvalue weighted by Gasteiger charge is -2.28. The molecule has 0 atom stereocenters. The summed E-state index contributed by atoms with van der Waals surface area (Å²) in [6.07, 6.45) is 6.64. The molecule has 0 heterocycles. The molecule has 2 heteroatoms. The first kappa shape index (κ1) is 45.0. The highest BCUT2D eigenvalue weighted by molar-refractivity contribution is 5.96. The van der Waals surface area contributed by atoms with Crippen LogP contribution in [0.1, 0.15) is 74.1 Å². The van der Waals surface area contributed by atoms with Crippen LogP contribution in [0.4, 0.5) is 34.1 Å². The average molecular weight is 929 g/mol. The average Bonchev–Trinajstić information content (AvgIpc) is 3.68. The first-order valence-corrected chi connectivity index (χ1v) is 25.9. The number of benzene rings is 10. The van der Waals surface area contributed by atoms with Crippen LogP contribution in [0.15, 0.2) is 243 Å². The molecule has 0 saturated heterocycles. The molecule has 1 fully saturated rings. The van der Waals surface area contributed by atoms with E-state index in [4.69, 9.17) is 0 Å².